The Hall–Kier alpha value is -3.24. The number of hydrogen-bond donors (Lipinski definition) is 2. The summed E-state index contributed by atoms with van der Waals surface area (Å²) < 4.78 is 6.05. The first-order valence-corrected chi connectivity index (χ1v) is 25.3. The molecular formula is C53H87N7O3. The Labute approximate surface area is 382 Å². The number of anilines is 1. The summed E-state index contributed by atoms with van der Waals surface area (Å²) in [6, 6.07) is 4.45. The number of ether oxygens (including phenoxy) is 1. The number of aliphatic imine (C=N–C) groups is 1. The number of pyridine rings is 1. The van der Waals surface area contributed by atoms with Crippen LogP contribution in [0.25, 0.3) is 0 Å². The highest BCUT2D eigenvalue weighted by Crippen LogP contribution is 2.67. The van der Waals surface area contributed by atoms with Gasteiger partial charge in [0.25, 0.3) is 0 Å². The van der Waals surface area contributed by atoms with Crippen molar-refractivity contribution in [1.82, 2.24) is 25.0 Å². The smallest absolute Gasteiger partial charge is 0.306 e. The van der Waals surface area contributed by atoms with Gasteiger partial charge in [0.1, 0.15) is 6.10 Å². The van der Waals surface area contributed by atoms with Gasteiger partial charge in [-0.1, -0.05) is 65.5 Å². The largest absolute Gasteiger partial charge is 0.462 e. The highest BCUT2D eigenvalue weighted by atomic mass is 16.5. The van der Waals surface area contributed by atoms with E-state index in [4.69, 9.17) is 4.74 Å². The number of allylic oxidation sites excluding steroid dienone is 2. The van der Waals surface area contributed by atoms with Crippen LogP contribution < -0.4 is 10.6 Å². The molecule has 0 saturated heterocycles. The minimum Gasteiger partial charge on any atom is -0.462 e. The lowest BCUT2D eigenvalue weighted by Crippen LogP contribution is -2.51. The van der Waals surface area contributed by atoms with Crippen molar-refractivity contribution in [3.05, 3.63) is 47.4 Å². The van der Waals surface area contributed by atoms with Gasteiger partial charge in [0.05, 0.1) is 18.2 Å². The number of unbranched alkanes of at least 4 members (excludes halogenated alkanes) is 1. The fourth-order valence-corrected chi connectivity index (χ4v) is 12.9. The number of rotatable bonds is 23. The third-order valence-electron chi connectivity index (χ3n) is 16.6. The van der Waals surface area contributed by atoms with Gasteiger partial charge in [0.2, 0.25) is 5.91 Å². The third kappa shape index (κ3) is 13.2. The maximum Gasteiger partial charge on any atom is 0.306 e. The Bertz CT molecular complexity index is 1740. The zero-order chi connectivity index (χ0) is 45.1. The Kier molecular flexibility index (Phi) is 17.8. The van der Waals surface area contributed by atoms with Crippen LogP contribution in [0.3, 0.4) is 0 Å². The molecule has 3 saturated carbocycles. The number of fused-ring (bicyclic) bond motifs is 5. The van der Waals surface area contributed by atoms with Gasteiger partial charge in [0, 0.05) is 96.4 Å². The Morgan fingerprint density at radius 2 is 1.70 bits per heavy atom. The van der Waals surface area contributed by atoms with Gasteiger partial charge in [-0.15, -0.1) is 0 Å². The quantitative estimate of drug-likeness (QED) is 0.0637. The number of esters is 1. The van der Waals surface area contributed by atoms with Crippen molar-refractivity contribution in [3.8, 4) is 0 Å². The van der Waals surface area contributed by atoms with Crippen LogP contribution in [0.4, 0.5) is 5.69 Å². The second-order valence-corrected chi connectivity index (χ2v) is 21.9. The zero-order valence-electron chi connectivity index (χ0n) is 41.1. The fraction of sp³-hybridized carbons (Fsp3) is 0.774. The van der Waals surface area contributed by atoms with Crippen LogP contribution in [0.2, 0.25) is 0 Å². The summed E-state index contributed by atoms with van der Waals surface area (Å²) in [5, 5.41) is 6.54. The lowest BCUT2D eigenvalue weighted by atomic mass is 9.47. The van der Waals surface area contributed by atoms with E-state index in [0.717, 1.165) is 118 Å². The normalized spacial score (nSPS) is 29.4. The number of hydrogen-bond acceptors (Lipinski definition) is 9. The number of dihydropyridines is 1. The summed E-state index contributed by atoms with van der Waals surface area (Å²) in [5.41, 5.74) is 5.72. The molecule has 0 radical (unpaired) electrons. The molecule has 1 aromatic heterocycles. The van der Waals surface area contributed by atoms with Crippen LogP contribution in [-0.2, 0) is 20.9 Å². The van der Waals surface area contributed by atoms with E-state index in [-0.39, 0.29) is 36.2 Å². The number of carbonyl (C=O) groups is 2. The van der Waals surface area contributed by atoms with Crippen molar-refractivity contribution < 1.29 is 14.3 Å². The molecule has 5 aliphatic rings. The van der Waals surface area contributed by atoms with Gasteiger partial charge >= 0.3 is 5.97 Å². The second kappa shape index (κ2) is 22.8. The average Bonchev–Trinajstić information content (AvgIpc) is 3.61. The molecule has 3 fully saturated rings. The van der Waals surface area contributed by atoms with Crippen molar-refractivity contribution in [2.45, 2.75) is 156 Å². The predicted molar refractivity (Wildman–Crippen MR) is 260 cm³/mol. The molecule has 2 heterocycles. The maximum absolute atomic E-state index is 13.0. The maximum atomic E-state index is 13.0. The van der Waals surface area contributed by atoms with Crippen LogP contribution in [0.15, 0.2) is 46.7 Å². The number of aromatic nitrogens is 1. The number of likely N-dealkylation sites (N-methyl/N-ethyl adjacent to an activating group) is 2. The highest BCUT2D eigenvalue weighted by Gasteiger charge is 2.59. The molecule has 4 aliphatic carbocycles. The van der Waals surface area contributed by atoms with Crippen LogP contribution in [0, 0.1) is 46.3 Å². The van der Waals surface area contributed by atoms with Crippen molar-refractivity contribution in [3.63, 3.8) is 0 Å². The van der Waals surface area contributed by atoms with E-state index in [0.29, 0.717) is 18.0 Å². The van der Waals surface area contributed by atoms with E-state index in [9.17, 15) is 9.59 Å². The summed E-state index contributed by atoms with van der Waals surface area (Å²) in [6.45, 7) is 17.6. The van der Waals surface area contributed by atoms with Gasteiger partial charge in [-0.3, -0.25) is 24.5 Å². The topological polar surface area (TPSA) is 102 Å². The summed E-state index contributed by atoms with van der Waals surface area (Å²) >= 11 is 0. The molecular weight excluding hydrogens is 783 g/mol. The third-order valence-corrected chi connectivity index (χ3v) is 16.6. The van der Waals surface area contributed by atoms with Crippen LogP contribution >= 0.6 is 0 Å². The summed E-state index contributed by atoms with van der Waals surface area (Å²) in [4.78, 5) is 41.8. The molecule has 0 spiro atoms. The standard InChI is InChI=1S/C53H87N7O3/c1-38(2)13-12-14-39(3)47-17-18-48-46-16-15-40-33-45(21-25-52(40,4)49(46)22-26-53(47,48)5)63-51(62)20-19-50(61)57-28-11-10-27-54-41-23-29-55-42(34-41)36-59(8)31-32-60(9)37-43-35-44(58(6)7)24-30-56-43/h15,23-24,29-30,34,38-39,43,45-49H,10-14,16-22,25-28,31-33,35-37H2,1-9H3,(H,54,55)(H,57,61)/t39-,43?,45+,46+,47-,48+,49+,52+,53-/m1/s1. The Morgan fingerprint density at radius 3 is 2.49 bits per heavy atom. The fourth-order valence-electron chi connectivity index (χ4n) is 12.9. The van der Waals surface area contributed by atoms with Crippen molar-refractivity contribution in [2.75, 3.05) is 66.2 Å². The molecule has 1 aromatic rings. The van der Waals surface area contributed by atoms with E-state index >= 15 is 0 Å². The Balaban J connectivity index is 0.825. The number of carbonyl (C=O) groups excluding carboxylic acids is 2. The molecule has 6 rings (SSSR count). The van der Waals surface area contributed by atoms with Crippen LogP contribution in [-0.4, -0.2) is 111 Å². The molecule has 9 atom stereocenters. The van der Waals surface area contributed by atoms with Crippen LogP contribution in [0.1, 0.15) is 143 Å². The van der Waals surface area contributed by atoms with Crippen LogP contribution in [0.5, 0.6) is 0 Å². The van der Waals surface area contributed by atoms with E-state index in [1.807, 2.05) is 18.5 Å². The SMILES string of the molecule is CC(C)CCC[C@@H](C)[C@H]1CC[C@H]2[C@@H]3CC=C4C[C@@H](OC(=O)CCC(=O)NCCCCNc5ccnc(CN(C)CCN(C)CC6CC(N(C)C)=CC=N6)c5)CC[C@]4(C)[C@H]3CC[C@]12C. The monoisotopic (exact) mass is 870 g/mol. The number of nitrogens with one attached hydrogen (secondary N) is 2. The average molecular weight is 870 g/mol. The lowest BCUT2D eigenvalue weighted by molar-refractivity contribution is -0.152. The molecule has 2 N–H and O–H groups in total. The number of nitrogens with zero attached hydrogens (tertiary/aromatic N) is 5. The second-order valence-electron chi connectivity index (χ2n) is 21.9. The predicted octanol–water partition coefficient (Wildman–Crippen LogP) is 9.78. The highest BCUT2D eigenvalue weighted by molar-refractivity contribution is 5.81. The van der Waals surface area contributed by atoms with E-state index in [1.54, 1.807) is 5.57 Å². The van der Waals surface area contributed by atoms with Gasteiger partial charge < -0.3 is 25.2 Å². The number of amides is 1. The summed E-state index contributed by atoms with van der Waals surface area (Å²) in [5.74, 6) is 4.63. The zero-order valence-corrected chi connectivity index (χ0v) is 41.1. The minimum atomic E-state index is -0.234. The molecule has 1 aliphatic heterocycles. The van der Waals surface area contributed by atoms with Gasteiger partial charge in [0.15, 0.2) is 0 Å². The molecule has 63 heavy (non-hydrogen) atoms. The molecule has 1 unspecified atom stereocenters. The van der Waals surface area contributed by atoms with Crippen molar-refractivity contribution in [2.24, 2.45) is 51.3 Å². The molecule has 0 aromatic carbocycles. The molecule has 1 amide bonds. The van der Waals surface area contributed by atoms with Gasteiger partial charge in [-0.2, -0.15) is 0 Å². The first kappa shape index (κ1) is 49.2. The molecule has 352 valence electrons. The first-order valence-electron chi connectivity index (χ1n) is 25.3. The Morgan fingerprint density at radius 1 is 0.905 bits per heavy atom. The summed E-state index contributed by atoms with van der Waals surface area (Å²) in [6.07, 6.45) is 25.4. The minimum absolute atomic E-state index is 0.0630. The lowest BCUT2D eigenvalue weighted by Gasteiger charge is -2.58. The van der Waals surface area contributed by atoms with E-state index in [2.05, 4.69) is 116 Å². The van der Waals surface area contributed by atoms with Crippen molar-refractivity contribution in [1.29, 1.82) is 0 Å². The molecule has 10 nitrogen and oxygen atoms in total. The van der Waals surface area contributed by atoms with Crippen molar-refractivity contribution >= 4 is 23.8 Å². The van der Waals surface area contributed by atoms with E-state index < -0.39 is 0 Å². The van der Waals surface area contributed by atoms with Gasteiger partial charge in [-0.25, -0.2) is 0 Å². The molecule has 10 heteroatoms. The summed E-state index contributed by atoms with van der Waals surface area (Å²) in [7, 11) is 8.52. The first-order chi connectivity index (χ1) is 30.1. The van der Waals surface area contributed by atoms with Gasteiger partial charge in [-0.05, 0) is 136 Å². The van der Waals surface area contributed by atoms with E-state index in [1.165, 1.54) is 57.1 Å². The molecule has 0 bridgehead atoms.